The summed E-state index contributed by atoms with van der Waals surface area (Å²) < 4.78 is 0. The molecule has 0 fully saturated rings. The quantitative estimate of drug-likeness (QED) is 0.858. The first-order valence-corrected chi connectivity index (χ1v) is 8.54. The topological polar surface area (TPSA) is 57.6 Å². The standard InChI is InChI=1S/C21H18ClNO3/c1-3-15-10-14(9-8-13(15)2)12-23-18-7-5-4-6-16(18)20(22)17(21(25)26)11-19(23)24/h3-10H,1,11-12H2,2H3,(H,25,26). The zero-order valence-electron chi connectivity index (χ0n) is 14.3. The predicted octanol–water partition coefficient (Wildman–Crippen LogP) is 4.61. The highest BCUT2D eigenvalue weighted by molar-refractivity contribution is 6.52. The van der Waals surface area contributed by atoms with Gasteiger partial charge < -0.3 is 10.0 Å². The summed E-state index contributed by atoms with van der Waals surface area (Å²) in [7, 11) is 0. The van der Waals surface area contributed by atoms with E-state index in [2.05, 4.69) is 6.58 Å². The molecule has 1 N–H and O–H groups in total. The Balaban J connectivity index is 2.07. The molecule has 26 heavy (non-hydrogen) atoms. The van der Waals surface area contributed by atoms with Crippen LogP contribution in [0.1, 0.15) is 28.7 Å². The first-order chi connectivity index (χ1) is 12.4. The third kappa shape index (κ3) is 3.28. The van der Waals surface area contributed by atoms with E-state index in [1.54, 1.807) is 35.2 Å². The van der Waals surface area contributed by atoms with Crippen LogP contribution in [0.25, 0.3) is 11.1 Å². The van der Waals surface area contributed by atoms with Crippen molar-refractivity contribution in [3.63, 3.8) is 0 Å². The molecule has 0 saturated carbocycles. The van der Waals surface area contributed by atoms with Gasteiger partial charge in [0.05, 0.1) is 29.3 Å². The Bertz CT molecular complexity index is 946. The van der Waals surface area contributed by atoms with Crippen LogP contribution < -0.4 is 4.90 Å². The van der Waals surface area contributed by atoms with Crippen molar-refractivity contribution in [2.24, 2.45) is 0 Å². The Kier molecular flexibility index (Phi) is 4.96. The molecule has 2 aromatic carbocycles. The van der Waals surface area contributed by atoms with E-state index in [4.69, 9.17) is 11.6 Å². The number of para-hydroxylation sites is 1. The summed E-state index contributed by atoms with van der Waals surface area (Å²) >= 11 is 6.32. The molecule has 0 aromatic heterocycles. The number of rotatable bonds is 4. The van der Waals surface area contributed by atoms with Gasteiger partial charge in [-0.3, -0.25) is 4.79 Å². The fraction of sp³-hybridized carbons (Fsp3) is 0.143. The number of amides is 1. The van der Waals surface area contributed by atoms with E-state index in [-0.39, 0.29) is 22.9 Å². The van der Waals surface area contributed by atoms with Gasteiger partial charge in [-0.05, 0) is 35.7 Å². The molecule has 0 radical (unpaired) electrons. The van der Waals surface area contributed by atoms with Crippen molar-refractivity contribution >= 4 is 40.3 Å². The van der Waals surface area contributed by atoms with Crippen LogP contribution in [0.3, 0.4) is 0 Å². The minimum Gasteiger partial charge on any atom is -0.478 e. The molecule has 0 aliphatic carbocycles. The van der Waals surface area contributed by atoms with Gasteiger partial charge in [-0.1, -0.05) is 54.6 Å². The molecule has 1 heterocycles. The number of nitrogens with zero attached hydrogens (tertiary/aromatic N) is 1. The number of hydrogen-bond donors (Lipinski definition) is 1. The average molecular weight is 368 g/mol. The first kappa shape index (κ1) is 18.0. The van der Waals surface area contributed by atoms with Crippen molar-refractivity contribution in [2.75, 3.05) is 4.90 Å². The number of carboxylic acid groups (broad SMARTS) is 1. The van der Waals surface area contributed by atoms with Crippen LogP contribution in [-0.2, 0) is 16.1 Å². The van der Waals surface area contributed by atoms with Gasteiger partial charge in [0.2, 0.25) is 5.91 Å². The number of aryl methyl sites for hydroxylation is 1. The van der Waals surface area contributed by atoms with E-state index in [9.17, 15) is 14.7 Å². The highest BCUT2D eigenvalue weighted by atomic mass is 35.5. The maximum atomic E-state index is 12.8. The summed E-state index contributed by atoms with van der Waals surface area (Å²) in [4.78, 5) is 25.9. The highest BCUT2D eigenvalue weighted by Crippen LogP contribution is 2.37. The van der Waals surface area contributed by atoms with Gasteiger partial charge in [0, 0.05) is 5.56 Å². The molecule has 4 nitrogen and oxygen atoms in total. The SMILES string of the molecule is C=Cc1cc(CN2C(=O)CC(C(=O)O)=C(Cl)c3ccccc32)ccc1C. The molecule has 132 valence electrons. The van der Waals surface area contributed by atoms with Gasteiger partial charge in [0.1, 0.15) is 0 Å². The number of hydrogen-bond acceptors (Lipinski definition) is 2. The van der Waals surface area contributed by atoms with Crippen molar-refractivity contribution in [3.05, 3.63) is 76.9 Å². The van der Waals surface area contributed by atoms with E-state index in [0.29, 0.717) is 17.8 Å². The maximum absolute atomic E-state index is 12.8. The second-order valence-corrected chi connectivity index (χ2v) is 6.54. The van der Waals surface area contributed by atoms with Crippen molar-refractivity contribution in [3.8, 4) is 0 Å². The second-order valence-electron chi connectivity index (χ2n) is 6.17. The van der Waals surface area contributed by atoms with Crippen LogP contribution in [0.5, 0.6) is 0 Å². The minimum absolute atomic E-state index is 0.0812. The first-order valence-electron chi connectivity index (χ1n) is 8.16. The van der Waals surface area contributed by atoms with Crippen molar-refractivity contribution in [1.82, 2.24) is 0 Å². The van der Waals surface area contributed by atoms with Crippen LogP contribution in [0.15, 0.2) is 54.6 Å². The third-order valence-corrected chi connectivity index (χ3v) is 4.92. The number of benzene rings is 2. The Morgan fingerprint density at radius 1 is 1.31 bits per heavy atom. The Labute approximate surface area is 157 Å². The number of halogens is 1. The molecule has 5 heteroatoms. The van der Waals surface area contributed by atoms with Crippen molar-refractivity contribution in [2.45, 2.75) is 19.9 Å². The number of fused-ring (bicyclic) bond motifs is 1. The summed E-state index contributed by atoms with van der Waals surface area (Å²) in [6.45, 7) is 6.14. The molecule has 0 bridgehead atoms. The lowest BCUT2D eigenvalue weighted by Gasteiger charge is -2.23. The van der Waals surface area contributed by atoms with Gasteiger partial charge in [-0.15, -0.1) is 0 Å². The Morgan fingerprint density at radius 3 is 2.73 bits per heavy atom. The fourth-order valence-corrected chi connectivity index (χ4v) is 3.36. The molecule has 1 aliphatic heterocycles. The Morgan fingerprint density at radius 2 is 2.04 bits per heavy atom. The van der Waals surface area contributed by atoms with Crippen LogP contribution >= 0.6 is 11.6 Å². The normalized spacial score (nSPS) is 14.1. The molecule has 0 unspecified atom stereocenters. The largest absolute Gasteiger partial charge is 0.478 e. The summed E-state index contributed by atoms with van der Waals surface area (Å²) in [5.74, 6) is -1.48. The van der Waals surface area contributed by atoms with Crippen LogP contribution in [0.4, 0.5) is 5.69 Å². The van der Waals surface area contributed by atoms with E-state index in [1.807, 2.05) is 25.1 Å². The van der Waals surface area contributed by atoms with Gasteiger partial charge in [-0.25, -0.2) is 4.79 Å². The lowest BCUT2D eigenvalue weighted by atomic mass is 10.0. The number of anilines is 1. The predicted molar refractivity (Wildman–Crippen MR) is 104 cm³/mol. The van der Waals surface area contributed by atoms with Crippen LogP contribution in [0, 0.1) is 6.92 Å². The summed E-state index contributed by atoms with van der Waals surface area (Å²) in [6.07, 6.45) is 1.53. The minimum atomic E-state index is -1.18. The van der Waals surface area contributed by atoms with E-state index >= 15 is 0 Å². The molecule has 0 atom stereocenters. The number of carbonyl (C=O) groups is 2. The van der Waals surface area contributed by atoms with E-state index in [1.165, 1.54) is 0 Å². The zero-order chi connectivity index (χ0) is 18.8. The smallest absolute Gasteiger partial charge is 0.333 e. The molecular formula is C21H18ClNO3. The molecule has 0 spiro atoms. The van der Waals surface area contributed by atoms with Crippen LogP contribution in [0.2, 0.25) is 0 Å². The van der Waals surface area contributed by atoms with E-state index in [0.717, 1.165) is 16.7 Å². The molecule has 1 amide bonds. The molecule has 3 rings (SSSR count). The van der Waals surface area contributed by atoms with Gasteiger partial charge in [0.15, 0.2) is 0 Å². The van der Waals surface area contributed by atoms with Crippen LogP contribution in [-0.4, -0.2) is 17.0 Å². The highest BCUT2D eigenvalue weighted by Gasteiger charge is 2.29. The fourth-order valence-electron chi connectivity index (χ4n) is 3.05. The van der Waals surface area contributed by atoms with Gasteiger partial charge in [-0.2, -0.15) is 0 Å². The average Bonchev–Trinajstić information content (AvgIpc) is 2.73. The molecular weight excluding hydrogens is 350 g/mol. The summed E-state index contributed by atoms with van der Waals surface area (Å²) in [6, 6.07) is 13.0. The second kappa shape index (κ2) is 7.18. The van der Waals surface area contributed by atoms with Crippen molar-refractivity contribution < 1.29 is 14.7 Å². The summed E-state index contributed by atoms with van der Waals surface area (Å²) in [5.41, 5.74) is 4.11. The van der Waals surface area contributed by atoms with Gasteiger partial charge in [0.25, 0.3) is 0 Å². The number of carboxylic acids is 1. The third-order valence-electron chi connectivity index (χ3n) is 4.49. The van der Waals surface area contributed by atoms with Crippen molar-refractivity contribution in [1.29, 1.82) is 0 Å². The molecule has 1 aliphatic rings. The van der Waals surface area contributed by atoms with Gasteiger partial charge >= 0.3 is 5.97 Å². The van der Waals surface area contributed by atoms with E-state index < -0.39 is 5.97 Å². The Hall–Kier alpha value is -2.85. The lowest BCUT2D eigenvalue weighted by molar-refractivity contribution is -0.133. The zero-order valence-corrected chi connectivity index (χ0v) is 15.1. The number of aliphatic carboxylic acids is 1. The number of carbonyl (C=O) groups excluding carboxylic acids is 1. The lowest BCUT2D eigenvalue weighted by Crippen LogP contribution is -2.30. The molecule has 2 aromatic rings. The maximum Gasteiger partial charge on any atom is 0.333 e. The monoisotopic (exact) mass is 367 g/mol. The molecule has 0 saturated heterocycles. The summed E-state index contributed by atoms with van der Waals surface area (Å²) in [5, 5.41) is 9.54.